The summed E-state index contributed by atoms with van der Waals surface area (Å²) in [5.41, 5.74) is 3.24. The van der Waals surface area contributed by atoms with E-state index in [-0.39, 0.29) is 6.61 Å². The molecule has 0 radical (unpaired) electrons. The summed E-state index contributed by atoms with van der Waals surface area (Å²) >= 11 is 0. The van der Waals surface area contributed by atoms with Gasteiger partial charge in [0.1, 0.15) is 6.61 Å². The minimum Gasteiger partial charge on any atom is -0.473 e. The molecule has 3 heteroatoms. The van der Waals surface area contributed by atoms with Crippen molar-refractivity contribution in [1.29, 1.82) is 0 Å². The average molecular weight is 273 g/mol. The van der Waals surface area contributed by atoms with Gasteiger partial charge in [-0.2, -0.15) is 0 Å². The Hall–Kier alpha value is -1.61. The van der Waals surface area contributed by atoms with Crippen LogP contribution in [-0.2, 0) is 4.74 Å². The smallest absolute Gasteiger partial charge is 0.216 e. The standard InChI is InChI=1S/C17H23NO2/c1-4-8-14(13-9-6-5-7-10-13)15-11-20-16(15)18-17(2,3)12-19/h5-7,9-10,19H,4,8,11-12H2,1-3H3/b15-14-,18-16?. The third-order valence-corrected chi connectivity index (χ3v) is 3.39. The van der Waals surface area contributed by atoms with E-state index in [0.29, 0.717) is 12.5 Å². The topological polar surface area (TPSA) is 41.8 Å². The van der Waals surface area contributed by atoms with Gasteiger partial charge < -0.3 is 9.84 Å². The SMILES string of the molecule is CCC/C(=C1\COC1=NC(C)(C)CO)c1ccccc1. The number of aliphatic hydroxyl groups excluding tert-OH is 1. The molecule has 1 saturated heterocycles. The Morgan fingerprint density at radius 3 is 2.50 bits per heavy atom. The maximum absolute atomic E-state index is 9.33. The van der Waals surface area contributed by atoms with Gasteiger partial charge in [0.15, 0.2) is 0 Å². The number of allylic oxidation sites excluding steroid dienone is 1. The normalized spacial score (nSPS) is 19.5. The Labute approximate surface area is 121 Å². The zero-order valence-corrected chi connectivity index (χ0v) is 12.5. The number of ether oxygens (including phenoxy) is 1. The monoisotopic (exact) mass is 273 g/mol. The van der Waals surface area contributed by atoms with Crippen molar-refractivity contribution in [2.75, 3.05) is 13.2 Å². The maximum Gasteiger partial charge on any atom is 0.216 e. The van der Waals surface area contributed by atoms with Crippen LogP contribution >= 0.6 is 0 Å². The van der Waals surface area contributed by atoms with E-state index in [2.05, 4.69) is 36.2 Å². The molecule has 1 N–H and O–H groups in total. The molecule has 1 aromatic carbocycles. The Morgan fingerprint density at radius 2 is 2.00 bits per heavy atom. The first-order chi connectivity index (χ1) is 9.57. The fourth-order valence-electron chi connectivity index (χ4n) is 2.19. The fraction of sp³-hybridized carbons (Fsp3) is 0.471. The van der Waals surface area contributed by atoms with E-state index in [0.717, 1.165) is 12.8 Å². The molecular formula is C17H23NO2. The van der Waals surface area contributed by atoms with Crippen molar-refractivity contribution in [3.8, 4) is 0 Å². The molecule has 0 bridgehead atoms. The van der Waals surface area contributed by atoms with Crippen molar-refractivity contribution >= 4 is 11.5 Å². The van der Waals surface area contributed by atoms with Gasteiger partial charge in [0.25, 0.3) is 0 Å². The first kappa shape index (κ1) is 14.8. The van der Waals surface area contributed by atoms with E-state index in [1.54, 1.807) is 0 Å². The zero-order chi connectivity index (χ0) is 14.6. The summed E-state index contributed by atoms with van der Waals surface area (Å²) in [5.74, 6) is 0.691. The quantitative estimate of drug-likeness (QED) is 0.893. The van der Waals surface area contributed by atoms with Gasteiger partial charge in [0, 0.05) is 0 Å². The van der Waals surface area contributed by atoms with Crippen molar-refractivity contribution in [3.05, 3.63) is 41.5 Å². The molecule has 1 fully saturated rings. The highest BCUT2D eigenvalue weighted by Crippen LogP contribution is 2.30. The predicted octanol–water partition coefficient (Wildman–Crippen LogP) is 3.44. The summed E-state index contributed by atoms with van der Waals surface area (Å²) in [4.78, 5) is 4.53. The summed E-state index contributed by atoms with van der Waals surface area (Å²) < 4.78 is 5.51. The minimum absolute atomic E-state index is 0.0155. The van der Waals surface area contributed by atoms with Gasteiger partial charge in [0.2, 0.25) is 5.90 Å². The van der Waals surface area contributed by atoms with Gasteiger partial charge >= 0.3 is 0 Å². The lowest BCUT2D eigenvalue weighted by Crippen LogP contribution is -2.32. The Bertz CT molecular complexity index is 515. The maximum atomic E-state index is 9.33. The molecule has 1 aliphatic rings. The number of hydrogen-bond acceptors (Lipinski definition) is 3. The molecule has 2 rings (SSSR count). The second-order valence-corrected chi connectivity index (χ2v) is 5.75. The molecule has 0 aromatic heterocycles. The highest BCUT2D eigenvalue weighted by atomic mass is 16.5. The fourth-order valence-corrected chi connectivity index (χ4v) is 2.19. The number of aliphatic hydroxyl groups is 1. The summed E-state index contributed by atoms with van der Waals surface area (Å²) in [6.07, 6.45) is 2.10. The minimum atomic E-state index is -0.491. The molecular weight excluding hydrogens is 250 g/mol. The van der Waals surface area contributed by atoms with E-state index in [9.17, 15) is 5.11 Å². The highest BCUT2D eigenvalue weighted by Gasteiger charge is 2.28. The molecule has 3 nitrogen and oxygen atoms in total. The zero-order valence-electron chi connectivity index (χ0n) is 12.5. The summed E-state index contributed by atoms with van der Waals surface area (Å²) in [6.45, 7) is 6.62. The first-order valence-electron chi connectivity index (χ1n) is 7.18. The van der Waals surface area contributed by atoms with E-state index in [1.165, 1.54) is 16.7 Å². The predicted molar refractivity (Wildman–Crippen MR) is 82.8 cm³/mol. The Kier molecular flexibility index (Phi) is 4.61. The van der Waals surface area contributed by atoms with Gasteiger partial charge in [-0.25, -0.2) is 4.99 Å². The van der Waals surface area contributed by atoms with Crippen LogP contribution in [0.3, 0.4) is 0 Å². The van der Waals surface area contributed by atoms with Crippen LogP contribution in [0.5, 0.6) is 0 Å². The molecule has 0 aliphatic carbocycles. The van der Waals surface area contributed by atoms with Crippen LogP contribution in [0.25, 0.3) is 5.57 Å². The lowest BCUT2D eigenvalue weighted by atomic mass is 9.94. The lowest BCUT2D eigenvalue weighted by molar-refractivity contribution is 0.213. The van der Waals surface area contributed by atoms with Crippen molar-refractivity contribution in [1.82, 2.24) is 0 Å². The number of aliphatic imine (C=N–C) groups is 1. The molecule has 108 valence electrons. The second-order valence-electron chi connectivity index (χ2n) is 5.75. The Balaban J connectivity index is 2.37. The van der Waals surface area contributed by atoms with Gasteiger partial charge in [-0.3, -0.25) is 0 Å². The molecule has 1 heterocycles. The molecule has 1 aromatic rings. The number of nitrogens with zero attached hydrogens (tertiary/aromatic N) is 1. The molecule has 0 amide bonds. The van der Waals surface area contributed by atoms with E-state index < -0.39 is 5.54 Å². The van der Waals surface area contributed by atoms with Gasteiger partial charge in [-0.05, 0) is 31.4 Å². The second kappa shape index (κ2) is 6.23. The van der Waals surface area contributed by atoms with E-state index in [4.69, 9.17) is 4.74 Å². The lowest BCUT2D eigenvalue weighted by Gasteiger charge is -2.29. The largest absolute Gasteiger partial charge is 0.473 e. The number of benzene rings is 1. The first-order valence-corrected chi connectivity index (χ1v) is 7.18. The van der Waals surface area contributed by atoms with Crippen LogP contribution < -0.4 is 0 Å². The number of hydrogen-bond donors (Lipinski definition) is 1. The molecule has 20 heavy (non-hydrogen) atoms. The van der Waals surface area contributed by atoms with Crippen molar-refractivity contribution in [2.45, 2.75) is 39.2 Å². The molecule has 0 saturated carbocycles. The summed E-state index contributed by atoms with van der Waals surface area (Å²) in [5, 5.41) is 9.33. The molecule has 0 atom stereocenters. The molecule has 0 unspecified atom stereocenters. The van der Waals surface area contributed by atoms with Crippen LogP contribution in [0, 0.1) is 0 Å². The third kappa shape index (κ3) is 3.28. The Morgan fingerprint density at radius 1 is 1.30 bits per heavy atom. The van der Waals surface area contributed by atoms with Gasteiger partial charge in [-0.1, -0.05) is 43.7 Å². The van der Waals surface area contributed by atoms with Crippen molar-refractivity contribution in [2.24, 2.45) is 4.99 Å². The van der Waals surface area contributed by atoms with Gasteiger partial charge in [-0.15, -0.1) is 0 Å². The van der Waals surface area contributed by atoms with Crippen LogP contribution in [0.15, 0.2) is 40.9 Å². The van der Waals surface area contributed by atoms with Crippen LogP contribution in [-0.4, -0.2) is 29.8 Å². The van der Waals surface area contributed by atoms with Crippen molar-refractivity contribution < 1.29 is 9.84 Å². The van der Waals surface area contributed by atoms with E-state index in [1.807, 2.05) is 19.9 Å². The van der Waals surface area contributed by atoms with Crippen LogP contribution in [0.4, 0.5) is 0 Å². The average Bonchev–Trinajstić information content (AvgIpc) is 2.44. The van der Waals surface area contributed by atoms with Crippen LogP contribution in [0.1, 0.15) is 39.2 Å². The van der Waals surface area contributed by atoms with E-state index >= 15 is 0 Å². The summed E-state index contributed by atoms with van der Waals surface area (Å²) in [7, 11) is 0. The molecule has 0 spiro atoms. The van der Waals surface area contributed by atoms with Crippen LogP contribution in [0.2, 0.25) is 0 Å². The highest BCUT2D eigenvalue weighted by molar-refractivity contribution is 6.06. The van der Waals surface area contributed by atoms with Crippen molar-refractivity contribution in [3.63, 3.8) is 0 Å². The summed E-state index contributed by atoms with van der Waals surface area (Å²) in [6, 6.07) is 10.4. The number of rotatable bonds is 5. The van der Waals surface area contributed by atoms with Gasteiger partial charge in [0.05, 0.1) is 17.7 Å². The third-order valence-electron chi connectivity index (χ3n) is 3.39. The molecule has 1 aliphatic heterocycles.